The molecule has 0 spiro atoms. The third kappa shape index (κ3) is 4.28. The molecule has 5 rings (SSSR count). The fourth-order valence-electron chi connectivity index (χ4n) is 4.55. The molecule has 5 nitrogen and oxygen atoms in total. The molecule has 0 amide bonds. The largest absolute Gasteiger partial charge is 0.493 e. The molecule has 3 aromatic rings. The van der Waals surface area contributed by atoms with E-state index in [4.69, 9.17) is 19.3 Å². The van der Waals surface area contributed by atoms with Crippen LogP contribution in [-0.2, 0) is 0 Å². The number of para-hydroxylation sites is 1. The Morgan fingerprint density at radius 1 is 0.970 bits per heavy atom. The number of benzene rings is 3. The van der Waals surface area contributed by atoms with Gasteiger partial charge in [-0.1, -0.05) is 68.3 Å². The summed E-state index contributed by atoms with van der Waals surface area (Å²) in [6.07, 6.45) is 3.87. The van der Waals surface area contributed by atoms with E-state index in [1.165, 1.54) is 12.0 Å². The Morgan fingerprint density at radius 2 is 1.79 bits per heavy atom. The number of methoxy groups -OCH3 is 1. The first-order chi connectivity index (χ1) is 16.3. The minimum Gasteiger partial charge on any atom is -0.493 e. The molecule has 0 aliphatic carbocycles. The molecule has 0 fully saturated rings. The predicted molar refractivity (Wildman–Crippen MR) is 130 cm³/mol. The van der Waals surface area contributed by atoms with E-state index in [0.717, 1.165) is 53.3 Å². The van der Waals surface area contributed by atoms with Gasteiger partial charge in [0.1, 0.15) is 5.75 Å². The minimum absolute atomic E-state index is 0.131. The summed E-state index contributed by atoms with van der Waals surface area (Å²) in [6.45, 7) is 2.88. The van der Waals surface area contributed by atoms with Gasteiger partial charge in [-0.05, 0) is 36.2 Å². The van der Waals surface area contributed by atoms with Crippen molar-refractivity contribution in [3.8, 4) is 17.2 Å². The molecular formula is C28H30N2O3. The normalized spacial score (nSPS) is 18.7. The van der Waals surface area contributed by atoms with Crippen molar-refractivity contribution in [1.29, 1.82) is 0 Å². The molecule has 3 aromatic carbocycles. The van der Waals surface area contributed by atoms with Gasteiger partial charge >= 0.3 is 0 Å². The monoisotopic (exact) mass is 442 g/mol. The van der Waals surface area contributed by atoms with E-state index in [-0.39, 0.29) is 12.3 Å². The molecule has 0 unspecified atom stereocenters. The number of nitrogens with zero attached hydrogens (tertiary/aromatic N) is 2. The van der Waals surface area contributed by atoms with Crippen LogP contribution in [0.2, 0.25) is 0 Å². The van der Waals surface area contributed by atoms with Gasteiger partial charge in [0.25, 0.3) is 0 Å². The van der Waals surface area contributed by atoms with Crippen LogP contribution in [0.1, 0.15) is 61.6 Å². The topological polar surface area (TPSA) is 43.3 Å². The summed E-state index contributed by atoms with van der Waals surface area (Å²) in [6, 6.07) is 24.8. The second-order valence-corrected chi connectivity index (χ2v) is 8.49. The highest BCUT2D eigenvalue weighted by molar-refractivity contribution is 6.01. The predicted octanol–water partition coefficient (Wildman–Crippen LogP) is 6.51. The third-order valence-electron chi connectivity index (χ3n) is 6.28. The summed E-state index contributed by atoms with van der Waals surface area (Å²) in [5.41, 5.74) is 4.39. The molecule has 0 saturated heterocycles. The highest BCUT2D eigenvalue weighted by atomic mass is 16.5. The average molecular weight is 443 g/mol. The highest BCUT2D eigenvalue weighted by Gasteiger charge is 2.41. The van der Waals surface area contributed by atoms with Crippen LogP contribution < -0.4 is 14.2 Å². The molecule has 170 valence electrons. The Morgan fingerprint density at radius 3 is 2.61 bits per heavy atom. The lowest BCUT2D eigenvalue weighted by molar-refractivity contribution is -0.0191. The Bertz CT molecular complexity index is 1130. The Balaban J connectivity index is 1.47. The quantitative estimate of drug-likeness (QED) is 0.373. The summed E-state index contributed by atoms with van der Waals surface area (Å²) in [4.78, 5) is 0. The van der Waals surface area contributed by atoms with Gasteiger partial charge in [-0.2, -0.15) is 5.10 Å². The molecule has 0 aromatic heterocycles. The van der Waals surface area contributed by atoms with Crippen LogP contribution in [0, 0.1) is 0 Å². The summed E-state index contributed by atoms with van der Waals surface area (Å²) >= 11 is 0. The number of unbranched alkanes of at least 4 members (excludes halogenated alkanes) is 2. The summed E-state index contributed by atoms with van der Waals surface area (Å²) in [7, 11) is 1.68. The maximum atomic E-state index is 6.49. The first-order valence-electron chi connectivity index (χ1n) is 11.8. The van der Waals surface area contributed by atoms with Crippen molar-refractivity contribution in [2.45, 2.75) is 44.9 Å². The van der Waals surface area contributed by atoms with E-state index < -0.39 is 0 Å². The zero-order valence-electron chi connectivity index (χ0n) is 19.2. The summed E-state index contributed by atoms with van der Waals surface area (Å²) in [5, 5.41) is 7.14. The number of ether oxygens (including phenoxy) is 3. The van der Waals surface area contributed by atoms with Crippen molar-refractivity contribution in [3.63, 3.8) is 0 Å². The van der Waals surface area contributed by atoms with E-state index >= 15 is 0 Å². The van der Waals surface area contributed by atoms with Crippen LogP contribution in [0.5, 0.6) is 17.2 Å². The van der Waals surface area contributed by atoms with Crippen LogP contribution in [0.4, 0.5) is 0 Å². The van der Waals surface area contributed by atoms with Crippen molar-refractivity contribution in [3.05, 3.63) is 89.5 Å². The van der Waals surface area contributed by atoms with Crippen molar-refractivity contribution < 1.29 is 14.2 Å². The molecule has 0 bridgehead atoms. The van der Waals surface area contributed by atoms with E-state index in [9.17, 15) is 0 Å². The number of hydrogen-bond donors (Lipinski definition) is 0. The molecule has 2 heterocycles. The average Bonchev–Trinajstić information content (AvgIpc) is 3.33. The SMILES string of the molecule is CCCCCOc1ccc([C@H]2Oc3ccccc3[C@@H]3CC(c4ccccc4)=NN23)cc1OC. The smallest absolute Gasteiger partial charge is 0.214 e. The highest BCUT2D eigenvalue weighted by Crippen LogP contribution is 2.48. The van der Waals surface area contributed by atoms with Gasteiger partial charge < -0.3 is 14.2 Å². The van der Waals surface area contributed by atoms with E-state index in [2.05, 4.69) is 54.4 Å². The van der Waals surface area contributed by atoms with Gasteiger partial charge in [0.15, 0.2) is 11.5 Å². The molecule has 2 aliphatic heterocycles. The van der Waals surface area contributed by atoms with E-state index in [1.807, 2.05) is 30.3 Å². The standard InChI is InChI=1S/C28H30N2O3/c1-3-4-10-17-32-26-16-15-21(18-27(26)31-2)28-30-24(22-13-8-9-14-25(22)33-28)19-23(29-30)20-11-6-5-7-12-20/h5-9,11-16,18,24,28H,3-4,10,17,19H2,1-2H3/t24-,28+/m0/s1. The molecule has 33 heavy (non-hydrogen) atoms. The van der Waals surface area contributed by atoms with E-state index in [0.29, 0.717) is 6.61 Å². The first kappa shape index (κ1) is 21.4. The van der Waals surface area contributed by atoms with Crippen LogP contribution in [0.15, 0.2) is 77.9 Å². The molecule has 0 radical (unpaired) electrons. The number of hydrogen-bond acceptors (Lipinski definition) is 5. The third-order valence-corrected chi connectivity index (χ3v) is 6.28. The lowest BCUT2D eigenvalue weighted by Crippen LogP contribution is -2.33. The molecule has 2 aliphatic rings. The fraction of sp³-hybridized carbons (Fsp3) is 0.321. The zero-order chi connectivity index (χ0) is 22.6. The molecule has 5 heteroatoms. The maximum absolute atomic E-state index is 6.49. The Labute approximate surface area is 195 Å². The maximum Gasteiger partial charge on any atom is 0.214 e. The van der Waals surface area contributed by atoms with Crippen molar-refractivity contribution in [2.75, 3.05) is 13.7 Å². The number of rotatable bonds is 8. The number of hydrazone groups is 1. The number of fused-ring (bicyclic) bond motifs is 3. The fourth-order valence-corrected chi connectivity index (χ4v) is 4.55. The van der Waals surface area contributed by atoms with Crippen molar-refractivity contribution >= 4 is 5.71 Å². The minimum atomic E-state index is -0.339. The van der Waals surface area contributed by atoms with Gasteiger partial charge in [0.2, 0.25) is 6.23 Å². The van der Waals surface area contributed by atoms with Gasteiger partial charge in [0, 0.05) is 17.5 Å². The lowest BCUT2D eigenvalue weighted by atomic mass is 9.96. The van der Waals surface area contributed by atoms with Crippen LogP contribution in [-0.4, -0.2) is 24.4 Å². The van der Waals surface area contributed by atoms with Gasteiger partial charge in [-0.15, -0.1) is 0 Å². The molecule has 0 N–H and O–H groups in total. The van der Waals surface area contributed by atoms with Crippen molar-refractivity contribution in [1.82, 2.24) is 5.01 Å². The Hall–Kier alpha value is -3.47. The van der Waals surface area contributed by atoms with Crippen LogP contribution in [0.3, 0.4) is 0 Å². The zero-order valence-corrected chi connectivity index (χ0v) is 19.2. The van der Waals surface area contributed by atoms with Crippen LogP contribution in [0.25, 0.3) is 0 Å². The van der Waals surface area contributed by atoms with Crippen LogP contribution >= 0.6 is 0 Å². The lowest BCUT2D eigenvalue weighted by Gasteiger charge is -2.38. The first-order valence-corrected chi connectivity index (χ1v) is 11.8. The Kier molecular flexibility index (Phi) is 6.20. The second-order valence-electron chi connectivity index (χ2n) is 8.49. The molecule has 0 saturated carbocycles. The van der Waals surface area contributed by atoms with Gasteiger partial charge in [-0.25, -0.2) is 5.01 Å². The summed E-state index contributed by atoms with van der Waals surface area (Å²) in [5.74, 6) is 2.39. The van der Waals surface area contributed by atoms with Gasteiger partial charge in [0.05, 0.1) is 25.5 Å². The van der Waals surface area contributed by atoms with E-state index in [1.54, 1.807) is 7.11 Å². The molecular weight excluding hydrogens is 412 g/mol. The van der Waals surface area contributed by atoms with Gasteiger partial charge in [-0.3, -0.25) is 0 Å². The second kappa shape index (κ2) is 9.57. The van der Waals surface area contributed by atoms with Crippen molar-refractivity contribution in [2.24, 2.45) is 5.10 Å². The summed E-state index contributed by atoms with van der Waals surface area (Å²) < 4.78 is 18.1. The molecule has 2 atom stereocenters.